The predicted octanol–water partition coefficient (Wildman–Crippen LogP) is 9.43. The number of rotatable bonds is 3. The van der Waals surface area contributed by atoms with Gasteiger partial charge in [0.2, 0.25) is 0 Å². The van der Waals surface area contributed by atoms with Crippen molar-refractivity contribution in [1.29, 1.82) is 0 Å². The summed E-state index contributed by atoms with van der Waals surface area (Å²) in [6.45, 7) is 0. The lowest BCUT2D eigenvalue weighted by Gasteiger charge is -2.21. The van der Waals surface area contributed by atoms with Gasteiger partial charge >= 0.3 is 0 Å². The molecule has 4 heteroatoms. The minimum Gasteiger partial charge on any atom is -0.455 e. The van der Waals surface area contributed by atoms with Crippen LogP contribution in [0.5, 0.6) is 0 Å². The summed E-state index contributed by atoms with van der Waals surface area (Å²) in [5.41, 5.74) is 3.13. The molecule has 198 valence electrons. The van der Waals surface area contributed by atoms with Crippen molar-refractivity contribution >= 4 is 88.5 Å². The van der Waals surface area contributed by atoms with Crippen molar-refractivity contribution in [3.8, 4) is 0 Å². The van der Waals surface area contributed by atoms with Crippen LogP contribution >= 0.6 is 7.14 Å². The molecule has 42 heavy (non-hydrogen) atoms. The molecule has 0 aliphatic heterocycles. The van der Waals surface area contributed by atoms with Crippen molar-refractivity contribution in [2.75, 3.05) is 0 Å². The molecule has 2 aromatic heterocycles. The third kappa shape index (κ3) is 3.09. The van der Waals surface area contributed by atoms with Gasteiger partial charge in [-0.25, -0.2) is 0 Å². The predicted molar refractivity (Wildman–Crippen MR) is 175 cm³/mol. The van der Waals surface area contributed by atoms with E-state index in [0.29, 0.717) is 5.58 Å². The minimum absolute atomic E-state index is 0.710. The largest absolute Gasteiger partial charge is 0.455 e. The molecule has 0 radical (unpaired) electrons. The third-order valence-electron chi connectivity index (χ3n) is 8.52. The number of furan rings is 2. The van der Waals surface area contributed by atoms with Crippen LogP contribution in [-0.2, 0) is 4.57 Å². The Bertz CT molecular complexity index is 2500. The van der Waals surface area contributed by atoms with Gasteiger partial charge in [-0.15, -0.1) is 0 Å². The molecule has 2 heterocycles. The fraction of sp³-hybridized carbons (Fsp3) is 0. The first-order valence-electron chi connectivity index (χ1n) is 14.1. The lowest BCUT2D eigenvalue weighted by atomic mass is 9.97. The molecule has 7 aromatic carbocycles. The van der Waals surface area contributed by atoms with E-state index in [2.05, 4.69) is 48.5 Å². The normalized spacial score (nSPS) is 12.4. The maximum absolute atomic E-state index is 15.7. The Morgan fingerprint density at radius 3 is 1.57 bits per heavy atom. The van der Waals surface area contributed by atoms with Crippen LogP contribution in [-0.4, -0.2) is 0 Å². The molecule has 0 amide bonds. The molecule has 0 spiro atoms. The van der Waals surface area contributed by atoms with Gasteiger partial charge < -0.3 is 13.4 Å². The monoisotopic (exact) mass is 558 g/mol. The van der Waals surface area contributed by atoms with Gasteiger partial charge in [0, 0.05) is 48.2 Å². The van der Waals surface area contributed by atoms with E-state index in [0.717, 1.165) is 75.8 Å². The maximum Gasteiger partial charge on any atom is 0.171 e. The van der Waals surface area contributed by atoms with Gasteiger partial charge in [0.05, 0.1) is 0 Å². The molecule has 9 aromatic rings. The van der Waals surface area contributed by atoms with Gasteiger partial charge in [-0.1, -0.05) is 121 Å². The van der Waals surface area contributed by atoms with E-state index >= 15 is 4.57 Å². The van der Waals surface area contributed by atoms with E-state index in [1.807, 2.05) is 91.0 Å². The maximum atomic E-state index is 15.7. The lowest BCUT2D eigenvalue weighted by molar-refractivity contribution is 0.592. The molecular weight excluding hydrogens is 535 g/mol. The highest BCUT2D eigenvalue weighted by atomic mass is 31.2. The van der Waals surface area contributed by atoms with Crippen LogP contribution in [0.2, 0.25) is 0 Å². The molecular formula is C38H23O3P. The zero-order valence-electron chi connectivity index (χ0n) is 22.5. The van der Waals surface area contributed by atoms with Gasteiger partial charge in [-0.05, 0) is 29.0 Å². The summed E-state index contributed by atoms with van der Waals surface area (Å²) in [4.78, 5) is 0. The second-order valence-corrected chi connectivity index (χ2v) is 13.5. The van der Waals surface area contributed by atoms with Crippen molar-refractivity contribution in [2.24, 2.45) is 0 Å². The molecule has 3 nitrogen and oxygen atoms in total. The first-order valence-corrected chi connectivity index (χ1v) is 15.8. The molecule has 0 saturated heterocycles. The highest BCUT2D eigenvalue weighted by molar-refractivity contribution is 7.85. The molecule has 0 saturated carbocycles. The molecule has 0 N–H and O–H groups in total. The lowest BCUT2D eigenvalue weighted by Crippen LogP contribution is -2.25. The van der Waals surface area contributed by atoms with Gasteiger partial charge in [0.25, 0.3) is 0 Å². The van der Waals surface area contributed by atoms with Crippen LogP contribution in [0.1, 0.15) is 0 Å². The van der Waals surface area contributed by atoms with Crippen molar-refractivity contribution in [2.45, 2.75) is 0 Å². The van der Waals surface area contributed by atoms with Crippen LogP contribution in [0.15, 0.2) is 148 Å². The number of fused-ring (bicyclic) bond motifs is 12. The van der Waals surface area contributed by atoms with Crippen LogP contribution in [0.25, 0.3) is 65.4 Å². The van der Waals surface area contributed by atoms with Gasteiger partial charge in [-0.2, -0.15) is 0 Å². The van der Waals surface area contributed by atoms with Crippen molar-refractivity contribution in [3.63, 3.8) is 0 Å². The van der Waals surface area contributed by atoms with E-state index < -0.39 is 7.14 Å². The number of benzene rings is 7. The van der Waals surface area contributed by atoms with E-state index in [4.69, 9.17) is 8.83 Å². The highest BCUT2D eigenvalue weighted by Crippen LogP contribution is 2.50. The zero-order chi connectivity index (χ0) is 27.8. The quantitative estimate of drug-likeness (QED) is 0.203. The fourth-order valence-corrected chi connectivity index (χ4v) is 9.57. The Hall–Kier alpha value is -5.11. The Morgan fingerprint density at radius 2 is 0.929 bits per heavy atom. The minimum atomic E-state index is -3.31. The van der Waals surface area contributed by atoms with E-state index in [1.165, 1.54) is 0 Å². The van der Waals surface area contributed by atoms with Crippen LogP contribution in [0.4, 0.5) is 0 Å². The average Bonchev–Trinajstić information content (AvgIpc) is 3.65. The molecule has 0 unspecified atom stereocenters. The van der Waals surface area contributed by atoms with E-state index in [-0.39, 0.29) is 0 Å². The molecule has 0 atom stereocenters. The Balaban J connectivity index is 1.57. The summed E-state index contributed by atoms with van der Waals surface area (Å²) < 4.78 is 29.2. The van der Waals surface area contributed by atoms with E-state index in [9.17, 15) is 0 Å². The summed E-state index contributed by atoms with van der Waals surface area (Å²) in [5.74, 6) is 0. The van der Waals surface area contributed by atoms with Crippen molar-refractivity contribution < 1.29 is 13.4 Å². The zero-order valence-corrected chi connectivity index (χ0v) is 23.3. The fourth-order valence-electron chi connectivity index (χ4n) is 6.70. The summed E-state index contributed by atoms with van der Waals surface area (Å²) in [6.07, 6.45) is 0. The summed E-state index contributed by atoms with van der Waals surface area (Å²) in [7, 11) is -3.31. The Morgan fingerprint density at radius 1 is 0.405 bits per heavy atom. The standard InChI is InChI=1S/C38H23O3P/c39-42(25-13-3-1-4-14-25,26-15-5-2-6-16-26)32-21-11-20-30-34(32)36-35-33-27-17-8-7-12-24(27)22-23-31(33)41-37(35)28-18-9-10-19-29(28)38(36)40-30/h1-23H. The molecule has 9 rings (SSSR count). The van der Waals surface area contributed by atoms with Crippen LogP contribution in [0.3, 0.4) is 0 Å². The van der Waals surface area contributed by atoms with Crippen molar-refractivity contribution in [1.82, 2.24) is 0 Å². The summed E-state index contributed by atoms with van der Waals surface area (Å²) >= 11 is 0. The van der Waals surface area contributed by atoms with Crippen LogP contribution in [0, 0.1) is 0 Å². The summed E-state index contributed by atoms with van der Waals surface area (Å²) in [5, 5.41) is 10.4. The molecule has 0 aliphatic carbocycles. The number of hydrogen-bond donors (Lipinski definition) is 0. The average molecular weight is 559 g/mol. The smallest absolute Gasteiger partial charge is 0.171 e. The number of hydrogen-bond acceptors (Lipinski definition) is 3. The van der Waals surface area contributed by atoms with Gasteiger partial charge in [0.15, 0.2) is 7.14 Å². The first-order chi connectivity index (χ1) is 20.7. The topological polar surface area (TPSA) is 43.4 Å². The SMILES string of the molecule is O=P(c1ccccc1)(c1ccccc1)c1cccc2oc3c4ccccc4c4oc5ccc6ccccc6c5c4c3c12. The van der Waals surface area contributed by atoms with E-state index in [1.54, 1.807) is 0 Å². The summed E-state index contributed by atoms with van der Waals surface area (Å²) in [6, 6.07) is 46.4. The Labute approximate surface area is 241 Å². The Kier molecular flexibility index (Phi) is 4.88. The second kappa shape index (κ2) is 8.69. The van der Waals surface area contributed by atoms with Gasteiger partial charge in [-0.3, -0.25) is 0 Å². The van der Waals surface area contributed by atoms with Crippen molar-refractivity contribution in [3.05, 3.63) is 140 Å². The molecule has 0 aliphatic rings. The third-order valence-corrected chi connectivity index (χ3v) is 11.6. The first kappa shape index (κ1) is 23.6. The second-order valence-electron chi connectivity index (χ2n) is 10.7. The highest BCUT2D eigenvalue weighted by Gasteiger charge is 2.34. The van der Waals surface area contributed by atoms with Gasteiger partial charge in [0.1, 0.15) is 22.3 Å². The molecule has 0 bridgehead atoms. The van der Waals surface area contributed by atoms with Crippen LogP contribution < -0.4 is 15.9 Å². The molecule has 0 fully saturated rings.